The normalized spacial score (nSPS) is 10.4. The Hall–Kier alpha value is -5.16. The maximum Gasteiger partial charge on any atom is 0.422 e. The lowest BCUT2D eigenvalue weighted by atomic mass is 9.99. The highest BCUT2D eigenvalue weighted by atomic mass is 16.7. The Morgan fingerprint density at radius 1 is 0.438 bits per heavy atom. The Labute approximate surface area is 173 Å². The lowest BCUT2D eigenvalue weighted by molar-refractivity contribution is -0.441. The number of aryl methyl sites for hydroxylation is 2. The van der Waals surface area contributed by atoms with Gasteiger partial charge in [-0.2, -0.15) is 0 Å². The number of nitro benzene ring substituents is 6. The van der Waals surface area contributed by atoms with E-state index in [1.54, 1.807) is 0 Å². The van der Waals surface area contributed by atoms with Crippen molar-refractivity contribution < 1.29 is 29.5 Å². The predicted octanol–water partition coefficient (Wildman–Crippen LogP) is 2.92. The minimum atomic E-state index is -1.40. The second-order valence-corrected chi connectivity index (χ2v) is 5.92. The Kier molecular flexibility index (Phi) is 6.28. The topological polar surface area (TPSA) is 259 Å². The van der Waals surface area contributed by atoms with Gasteiger partial charge in [-0.05, 0) is 25.0 Å². The number of hydrogen-bond donors (Lipinski definition) is 0. The summed E-state index contributed by atoms with van der Waals surface area (Å²) < 4.78 is 0. The van der Waals surface area contributed by atoms with Crippen molar-refractivity contribution >= 4 is 34.1 Å². The summed E-state index contributed by atoms with van der Waals surface area (Å²) in [5.41, 5.74) is -8.37. The van der Waals surface area contributed by atoms with Crippen molar-refractivity contribution in [3.8, 4) is 0 Å². The van der Waals surface area contributed by atoms with E-state index in [0.717, 1.165) is 12.1 Å². The summed E-state index contributed by atoms with van der Waals surface area (Å²) in [6, 6.07) is 2.98. The quantitative estimate of drug-likeness (QED) is 0.392. The maximum atomic E-state index is 11.4. The monoisotopic (exact) mass is 452 g/mol. The summed E-state index contributed by atoms with van der Waals surface area (Å²) in [6.45, 7) is 0. The first kappa shape index (κ1) is 23.1. The van der Waals surface area contributed by atoms with E-state index in [-0.39, 0.29) is 0 Å². The Bertz CT molecular complexity index is 1120. The molecule has 0 heterocycles. The van der Waals surface area contributed by atoms with Crippen molar-refractivity contribution in [3.63, 3.8) is 0 Å². The lowest BCUT2D eigenvalue weighted by Crippen LogP contribution is -2.07. The zero-order chi connectivity index (χ0) is 24.3. The van der Waals surface area contributed by atoms with Crippen LogP contribution >= 0.6 is 0 Å². The first-order valence-corrected chi connectivity index (χ1v) is 8.06. The van der Waals surface area contributed by atoms with E-state index in [0.29, 0.717) is 12.1 Å². The van der Waals surface area contributed by atoms with Gasteiger partial charge in [0.2, 0.25) is 0 Å². The van der Waals surface area contributed by atoms with Crippen molar-refractivity contribution in [2.75, 3.05) is 0 Å². The molecule has 0 aliphatic rings. The molecule has 166 valence electrons. The summed E-state index contributed by atoms with van der Waals surface area (Å²) in [4.78, 5) is 59.7. The first-order valence-electron chi connectivity index (χ1n) is 8.06. The standard InChI is InChI=1S/C14H8N6O12/c21-15(22)9-5-3-7(11(17(25)26)13(9)19(29)30)1-2-8-4-6-10(16(23)24)14(20(31)32)12(8)18(27)28/h3-6H,1-2H2. The van der Waals surface area contributed by atoms with Gasteiger partial charge in [0.1, 0.15) is 0 Å². The smallest absolute Gasteiger partial charge is 0.258 e. The molecule has 0 amide bonds. The van der Waals surface area contributed by atoms with Crippen LogP contribution < -0.4 is 0 Å². The third-order valence-corrected chi connectivity index (χ3v) is 4.21. The fourth-order valence-corrected chi connectivity index (χ4v) is 2.96. The van der Waals surface area contributed by atoms with Gasteiger partial charge < -0.3 is 0 Å². The predicted molar refractivity (Wildman–Crippen MR) is 100 cm³/mol. The Morgan fingerprint density at radius 2 is 0.719 bits per heavy atom. The largest absolute Gasteiger partial charge is 0.422 e. The van der Waals surface area contributed by atoms with E-state index in [1.807, 2.05) is 0 Å². The SMILES string of the molecule is O=[N+]([O-])c1ccc(CCc2ccc([N+](=O)[O-])c([N+](=O)[O-])c2[N+](=O)[O-])c([N+](=O)[O-])c1[N+](=O)[O-]. The molecular formula is C14H8N6O12. The highest BCUT2D eigenvalue weighted by Gasteiger charge is 2.40. The van der Waals surface area contributed by atoms with Gasteiger partial charge in [0.15, 0.2) is 0 Å². The number of benzene rings is 2. The molecule has 0 aliphatic carbocycles. The Morgan fingerprint density at radius 3 is 0.938 bits per heavy atom. The third-order valence-electron chi connectivity index (χ3n) is 4.21. The second-order valence-electron chi connectivity index (χ2n) is 5.92. The fourth-order valence-electron chi connectivity index (χ4n) is 2.96. The molecule has 0 saturated carbocycles. The van der Waals surface area contributed by atoms with Crippen molar-refractivity contribution in [2.45, 2.75) is 12.8 Å². The molecule has 0 fully saturated rings. The minimum Gasteiger partial charge on any atom is -0.258 e. The molecule has 0 radical (unpaired) electrons. The van der Waals surface area contributed by atoms with Gasteiger partial charge >= 0.3 is 34.1 Å². The van der Waals surface area contributed by atoms with Crippen molar-refractivity contribution in [1.29, 1.82) is 0 Å². The van der Waals surface area contributed by atoms with Crippen molar-refractivity contribution in [1.82, 2.24) is 0 Å². The van der Waals surface area contributed by atoms with Gasteiger partial charge in [-0.15, -0.1) is 0 Å². The zero-order valence-corrected chi connectivity index (χ0v) is 15.3. The van der Waals surface area contributed by atoms with Crippen LogP contribution in [0, 0.1) is 60.7 Å². The van der Waals surface area contributed by atoms with E-state index in [4.69, 9.17) is 0 Å². The molecule has 0 aliphatic heterocycles. The molecule has 32 heavy (non-hydrogen) atoms. The highest BCUT2D eigenvalue weighted by Crippen LogP contribution is 2.41. The summed E-state index contributed by atoms with van der Waals surface area (Å²) in [7, 11) is 0. The maximum absolute atomic E-state index is 11.4. The van der Waals surface area contributed by atoms with Gasteiger partial charge in [0.05, 0.1) is 29.5 Å². The molecule has 2 rings (SSSR count). The van der Waals surface area contributed by atoms with Crippen LogP contribution in [0.4, 0.5) is 34.1 Å². The molecule has 0 atom stereocenters. The molecule has 2 aromatic rings. The van der Waals surface area contributed by atoms with Gasteiger partial charge in [-0.3, -0.25) is 60.7 Å². The van der Waals surface area contributed by atoms with Gasteiger partial charge in [-0.1, -0.05) is 0 Å². The highest BCUT2D eigenvalue weighted by molar-refractivity contribution is 5.71. The molecule has 0 spiro atoms. The molecule has 2 aromatic carbocycles. The van der Waals surface area contributed by atoms with Crippen LogP contribution in [-0.4, -0.2) is 29.5 Å². The van der Waals surface area contributed by atoms with E-state index < -0.39 is 87.6 Å². The molecule has 0 unspecified atom stereocenters. The first-order chi connectivity index (χ1) is 14.9. The molecule has 0 saturated heterocycles. The van der Waals surface area contributed by atoms with E-state index in [1.165, 1.54) is 0 Å². The average Bonchev–Trinajstić information content (AvgIpc) is 2.69. The van der Waals surface area contributed by atoms with Crippen LogP contribution in [-0.2, 0) is 12.8 Å². The summed E-state index contributed by atoms with van der Waals surface area (Å²) in [5.74, 6) is 0. The molecule has 0 aromatic heterocycles. The molecule has 18 heteroatoms. The Balaban J connectivity index is 2.65. The second kappa shape index (κ2) is 8.69. The van der Waals surface area contributed by atoms with Crippen LogP contribution in [0.25, 0.3) is 0 Å². The van der Waals surface area contributed by atoms with Crippen molar-refractivity contribution in [2.24, 2.45) is 0 Å². The summed E-state index contributed by atoms with van der Waals surface area (Å²) in [6.07, 6.45) is -1.07. The summed E-state index contributed by atoms with van der Waals surface area (Å²) >= 11 is 0. The molecule has 0 bridgehead atoms. The average molecular weight is 452 g/mol. The number of rotatable bonds is 9. The van der Waals surface area contributed by atoms with E-state index in [2.05, 4.69) is 0 Å². The zero-order valence-electron chi connectivity index (χ0n) is 15.3. The van der Waals surface area contributed by atoms with Crippen LogP contribution in [0.2, 0.25) is 0 Å². The molecular weight excluding hydrogens is 444 g/mol. The van der Waals surface area contributed by atoms with Crippen LogP contribution in [0.1, 0.15) is 11.1 Å². The van der Waals surface area contributed by atoms with E-state index in [9.17, 15) is 60.7 Å². The van der Waals surface area contributed by atoms with Gasteiger partial charge in [0, 0.05) is 23.3 Å². The molecule has 0 N–H and O–H groups in total. The fraction of sp³-hybridized carbons (Fsp3) is 0.143. The van der Waals surface area contributed by atoms with E-state index >= 15 is 0 Å². The van der Waals surface area contributed by atoms with Crippen molar-refractivity contribution in [3.05, 3.63) is 96.1 Å². The van der Waals surface area contributed by atoms with Crippen LogP contribution in [0.3, 0.4) is 0 Å². The van der Waals surface area contributed by atoms with Crippen LogP contribution in [0.5, 0.6) is 0 Å². The third kappa shape index (κ3) is 4.22. The van der Waals surface area contributed by atoms with Crippen LogP contribution in [0.15, 0.2) is 24.3 Å². The number of nitro groups is 6. The number of hydrogen-bond acceptors (Lipinski definition) is 12. The lowest BCUT2D eigenvalue weighted by Gasteiger charge is -2.06. The van der Waals surface area contributed by atoms with Gasteiger partial charge in [-0.25, -0.2) is 0 Å². The summed E-state index contributed by atoms with van der Waals surface area (Å²) in [5, 5.41) is 67.1. The number of nitrogens with zero attached hydrogens (tertiary/aromatic N) is 6. The molecule has 18 nitrogen and oxygen atoms in total. The van der Waals surface area contributed by atoms with Gasteiger partial charge in [0.25, 0.3) is 0 Å². The minimum absolute atomic E-state index is 0.414.